The molecule has 1 aliphatic rings. The van der Waals surface area contributed by atoms with Crippen LogP contribution in [0.3, 0.4) is 0 Å². The van der Waals surface area contributed by atoms with Crippen molar-refractivity contribution in [1.82, 2.24) is 4.98 Å². The molecule has 1 amide bonds. The van der Waals surface area contributed by atoms with Gasteiger partial charge in [-0.05, 0) is 30.3 Å². The summed E-state index contributed by atoms with van der Waals surface area (Å²) in [5, 5.41) is 2.89. The fourth-order valence-electron chi connectivity index (χ4n) is 2.21. The molecule has 0 radical (unpaired) electrons. The topological polar surface area (TPSA) is 77.5 Å². The number of carbonyl (C=O) groups excluding carboxylic acids is 2. The molecule has 2 aromatic rings. The molecule has 6 nitrogen and oxygen atoms in total. The largest absolute Gasteiger partial charge is 0.493 e. The number of halogens is 1. The average Bonchev–Trinajstić information content (AvgIpc) is 2.69. The van der Waals surface area contributed by atoms with Crippen LogP contribution in [0.1, 0.15) is 16.8 Å². The Morgan fingerprint density at radius 3 is 3.00 bits per heavy atom. The lowest BCUT2D eigenvalue weighted by molar-refractivity contribution is 0.0638. The van der Waals surface area contributed by atoms with E-state index in [0.717, 1.165) is 0 Å². The Morgan fingerprint density at radius 2 is 2.22 bits per heavy atom. The first-order valence-electron chi connectivity index (χ1n) is 6.99. The molecule has 2 heterocycles. The van der Waals surface area contributed by atoms with Crippen molar-refractivity contribution in [2.75, 3.05) is 11.9 Å². The molecule has 0 bridgehead atoms. The predicted octanol–water partition coefficient (Wildman–Crippen LogP) is 3.32. The number of rotatable bonds is 2. The molecule has 1 N–H and O–H groups in total. The fourth-order valence-corrected chi connectivity index (χ4v) is 2.39. The van der Waals surface area contributed by atoms with Gasteiger partial charge < -0.3 is 9.47 Å². The third-order valence-electron chi connectivity index (χ3n) is 3.28. The van der Waals surface area contributed by atoms with E-state index in [4.69, 9.17) is 21.1 Å². The average molecular weight is 333 g/mol. The highest BCUT2D eigenvalue weighted by atomic mass is 35.5. The number of carbonyl (C=O) groups is 2. The maximum atomic E-state index is 12.5. The molecular weight excluding hydrogens is 320 g/mol. The normalized spacial score (nSPS) is 16.7. The monoisotopic (exact) mass is 332 g/mol. The summed E-state index contributed by atoms with van der Waals surface area (Å²) in [7, 11) is 0. The third kappa shape index (κ3) is 3.60. The highest BCUT2D eigenvalue weighted by Crippen LogP contribution is 2.28. The van der Waals surface area contributed by atoms with Crippen LogP contribution in [0.15, 0.2) is 42.6 Å². The SMILES string of the molecule is O=C(Nc1ccccn1)OC1CCOc2ccc(Cl)cc2C1=O. The molecule has 23 heavy (non-hydrogen) atoms. The van der Waals surface area contributed by atoms with Crippen molar-refractivity contribution in [1.29, 1.82) is 0 Å². The van der Waals surface area contributed by atoms with Gasteiger partial charge in [0.2, 0.25) is 5.78 Å². The van der Waals surface area contributed by atoms with Gasteiger partial charge in [-0.3, -0.25) is 10.1 Å². The zero-order chi connectivity index (χ0) is 16.2. The van der Waals surface area contributed by atoms with Crippen LogP contribution in [0, 0.1) is 0 Å². The highest BCUT2D eigenvalue weighted by Gasteiger charge is 2.30. The summed E-state index contributed by atoms with van der Waals surface area (Å²) >= 11 is 5.92. The molecule has 1 atom stereocenters. The van der Waals surface area contributed by atoms with E-state index >= 15 is 0 Å². The van der Waals surface area contributed by atoms with Gasteiger partial charge in [0.1, 0.15) is 11.6 Å². The zero-order valence-electron chi connectivity index (χ0n) is 12.0. The summed E-state index contributed by atoms with van der Waals surface area (Å²) in [6, 6.07) is 9.86. The van der Waals surface area contributed by atoms with Crippen molar-refractivity contribution >= 4 is 29.3 Å². The molecule has 1 aromatic heterocycles. The number of fused-ring (bicyclic) bond motifs is 1. The van der Waals surface area contributed by atoms with Crippen LogP contribution in [-0.4, -0.2) is 29.6 Å². The van der Waals surface area contributed by atoms with Gasteiger partial charge in [-0.25, -0.2) is 9.78 Å². The minimum Gasteiger partial charge on any atom is -0.493 e. The number of hydrogen-bond donors (Lipinski definition) is 1. The summed E-state index contributed by atoms with van der Waals surface area (Å²) in [6.45, 7) is 0.266. The minimum atomic E-state index is -0.932. The van der Waals surface area contributed by atoms with E-state index < -0.39 is 12.2 Å². The number of amides is 1. The highest BCUT2D eigenvalue weighted by molar-refractivity contribution is 6.31. The fraction of sp³-hybridized carbons (Fsp3) is 0.188. The summed E-state index contributed by atoms with van der Waals surface area (Å²) in [6.07, 6.45) is 0.130. The van der Waals surface area contributed by atoms with Crippen molar-refractivity contribution in [2.45, 2.75) is 12.5 Å². The number of Topliss-reactive ketones (excluding diaryl/α,β-unsaturated/α-hetero) is 1. The zero-order valence-corrected chi connectivity index (χ0v) is 12.7. The molecule has 7 heteroatoms. The Hall–Kier alpha value is -2.60. The first kappa shape index (κ1) is 15.3. The van der Waals surface area contributed by atoms with Gasteiger partial charge in [0.15, 0.2) is 6.10 Å². The van der Waals surface area contributed by atoms with E-state index in [1.807, 2.05) is 0 Å². The van der Waals surface area contributed by atoms with Crippen LogP contribution in [-0.2, 0) is 4.74 Å². The van der Waals surface area contributed by atoms with Crippen molar-refractivity contribution in [3.8, 4) is 5.75 Å². The maximum Gasteiger partial charge on any atom is 0.413 e. The number of hydrogen-bond acceptors (Lipinski definition) is 5. The Bertz CT molecular complexity index is 736. The van der Waals surface area contributed by atoms with E-state index in [2.05, 4.69) is 10.3 Å². The van der Waals surface area contributed by atoms with Crippen molar-refractivity contribution in [3.63, 3.8) is 0 Å². The lowest BCUT2D eigenvalue weighted by atomic mass is 10.0. The van der Waals surface area contributed by atoms with Crippen molar-refractivity contribution < 1.29 is 19.1 Å². The second-order valence-corrected chi connectivity index (χ2v) is 5.31. The Balaban J connectivity index is 1.73. The smallest absolute Gasteiger partial charge is 0.413 e. The number of ether oxygens (including phenoxy) is 2. The Kier molecular flexibility index (Phi) is 4.43. The summed E-state index contributed by atoms with van der Waals surface area (Å²) < 4.78 is 10.7. The molecule has 1 unspecified atom stereocenters. The number of nitrogens with one attached hydrogen (secondary N) is 1. The second-order valence-electron chi connectivity index (χ2n) is 4.88. The van der Waals surface area contributed by atoms with Gasteiger partial charge in [0.25, 0.3) is 0 Å². The van der Waals surface area contributed by atoms with Gasteiger partial charge in [-0.1, -0.05) is 17.7 Å². The number of nitrogens with zero attached hydrogens (tertiary/aromatic N) is 1. The standard InChI is InChI=1S/C16H13ClN2O4/c17-10-4-5-12-11(9-10)15(20)13(6-8-22-12)23-16(21)19-14-3-1-2-7-18-14/h1-5,7,9,13H,6,8H2,(H,18,19,21). The van der Waals surface area contributed by atoms with Gasteiger partial charge >= 0.3 is 6.09 Å². The Labute approximate surface area is 137 Å². The number of ketones is 1. The Morgan fingerprint density at radius 1 is 1.35 bits per heavy atom. The van der Waals surface area contributed by atoms with Gasteiger partial charge in [0.05, 0.1) is 12.2 Å². The summed E-state index contributed by atoms with van der Waals surface area (Å²) in [5.41, 5.74) is 0.311. The molecule has 1 aromatic carbocycles. The third-order valence-corrected chi connectivity index (χ3v) is 3.52. The van der Waals surface area contributed by atoms with Crippen LogP contribution in [0.25, 0.3) is 0 Å². The molecule has 1 aliphatic heterocycles. The van der Waals surface area contributed by atoms with Crippen molar-refractivity contribution in [2.24, 2.45) is 0 Å². The molecule has 0 saturated heterocycles. The molecule has 0 aliphatic carbocycles. The lowest BCUT2D eigenvalue weighted by Gasteiger charge is -2.14. The van der Waals surface area contributed by atoms with Crippen molar-refractivity contribution in [3.05, 3.63) is 53.2 Å². The summed E-state index contributed by atoms with van der Waals surface area (Å²) in [5.74, 6) is 0.449. The molecule has 0 saturated carbocycles. The van der Waals surface area contributed by atoms with Crippen LogP contribution in [0.4, 0.5) is 10.6 Å². The van der Waals surface area contributed by atoms with E-state index in [1.165, 1.54) is 6.07 Å². The molecule has 0 fully saturated rings. The molecule has 0 spiro atoms. The minimum absolute atomic E-state index is 0.265. The first-order valence-corrected chi connectivity index (χ1v) is 7.36. The van der Waals surface area contributed by atoms with E-state index in [9.17, 15) is 9.59 Å². The number of benzene rings is 1. The maximum absolute atomic E-state index is 12.5. The lowest BCUT2D eigenvalue weighted by Crippen LogP contribution is -2.29. The van der Waals surface area contributed by atoms with Crippen LogP contribution < -0.4 is 10.1 Å². The van der Waals surface area contributed by atoms with E-state index in [1.54, 1.807) is 36.5 Å². The van der Waals surface area contributed by atoms with Crippen LogP contribution in [0.5, 0.6) is 5.75 Å². The number of anilines is 1. The van der Waals surface area contributed by atoms with Gasteiger partial charge in [0, 0.05) is 17.6 Å². The second kappa shape index (κ2) is 6.66. The summed E-state index contributed by atoms with van der Waals surface area (Å²) in [4.78, 5) is 28.4. The molecule has 3 rings (SSSR count). The number of pyridine rings is 1. The van der Waals surface area contributed by atoms with Crippen LogP contribution in [0.2, 0.25) is 5.02 Å². The molecule has 118 valence electrons. The van der Waals surface area contributed by atoms with Crippen LogP contribution >= 0.6 is 11.6 Å². The van der Waals surface area contributed by atoms with Gasteiger partial charge in [-0.2, -0.15) is 0 Å². The van der Waals surface area contributed by atoms with Gasteiger partial charge in [-0.15, -0.1) is 0 Å². The first-order chi connectivity index (χ1) is 11.1. The predicted molar refractivity (Wildman–Crippen MR) is 84.0 cm³/mol. The molecular formula is C16H13ClN2O4. The quantitative estimate of drug-likeness (QED) is 0.912. The number of aromatic nitrogens is 1. The van der Waals surface area contributed by atoms with E-state index in [-0.39, 0.29) is 18.8 Å². The van der Waals surface area contributed by atoms with E-state index in [0.29, 0.717) is 22.2 Å².